The summed E-state index contributed by atoms with van der Waals surface area (Å²) in [4.78, 5) is 2.09. The third kappa shape index (κ3) is 2.57. The van der Waals surface area contributed by atoms with Crippen LogP contribution in [0.25, 0.3) is 0 Å². The number of hydrogen-bond acceptors (Lipinski definition) is 2. The summed E-state index contributed by atoms with van der Waals surface area (Å²) >= 11 is 0. The van der Waals surface area contributed by atoms with E-state index in [4.69, 9.17) is 5.73 Å². The molecule has 0 aliphatic carbocycles. The molecule has 0 aromatic heterocycles. The number of alkyl halides is 1. The van der Waals surface area contributed by atoms with Crippen LogP contribution in [0.1, 0.15) is 12.8 Å². The van der Waals surface area contributed by atoms with E-state index in [-0.39, 0.29) is 17.9 Å². The Bertz CT molecular complexity index is 367. The molecule has 0 radical (unpaired) electrons. The summed E-state index contributed by atoms with van der Waals surface area (Å²) in [6, 6.07) is 6.53. The normalized spacial score (nSPS) is 19.4. The van der Waals surface area contributed by atoms with Crippen molar-refractivity contribution >= 4 is 5.69 Å². The smallest absolute Gasteiger partial charge is 0.125 e. The molecule has 2 rings (SSSR count). The van der Waals surface area contributed by atoms with Gasteiger partial charge in [0.05, 0.1) is 6.67 Å². The number of nitrogens with two attached hydrogens (primary N) is 1. The van der Waals surface area contributed by atoms with Crippen LogP contribution in [0.4, 0.5) is 14.5 Å². The molecule has 0 spiro atoms. The molecule has 0 bridgehead atoms. The maximum atomic E-state index is 13.1. The van der Waals surface area contributed by atoms with Gasteiger partial charge in [0.15, 0.2) is 0 Å². The fourth-order valence-electron chi connectivity index (χ4n) is 2.30. The van der Waals surface area contributed by atoms with E-state index in [0.29, 0.717) is 6.54 Å². The Hall–Kier alpha value is -1.16. The second-order valence-electron chi connectivity index (χ2n) is 4.80. The van der Waals surface area contributed by atoms with Gasteiger partial charge < -0.3 is 10.6 Å². The molecule has 94 valence electrons. The minimum atomic E-state index is -0.361. The van der Waals surface area contributed by atoms with Crippen LogP contribution >= 0.6 is 0 Å². The van der Waals surface area contributed by atoms with Gasteiger partial charge in [-0.15, -0.1) is 0 Å². The minimum Gasteiger partial charge on any atom is -0.371 e. The molecule has 0 saturated carbocycles. The highest BCUT2D eigenvalue weighted by Crippen LogP contribution is 2.33. The first-order chi connectivity index (χ1) is 8.19. The number of halogens is 2. The van der Waals surface area contributed by atoms with Gasteiger partial charge >= 0.3 is 0 Å². The lowest BCUT2D eigenvalue weighted by Crippen LogP contribution is -2.45. The van der Waals surface area contributed by atoms with Gasteiger partial charge in [-0.05, 0) is 31.0 Å². The van der Waals surface area contributed by atoms with Crippen molar-refractivity contribution in [3.05, 3.63) is 30.1 Å². The summed E-state index contributed by atoms with van der Waals surface area (Å²) in [5.74, 6) is -0.233. The van der Waals surface area contributed by atoms with E-state index < -0.39 is 0 Å². The molecular weight excluding hydrogens is 222 g/mol. The Labute approximate surface area is 100 Å². The Morgan fingerprint density at radius 3 is 2.53 bits per heavy atom. The third-order valence-corrected chi connectivity index (χ3v) is 3.71. The summed E-state index contributed by atoms with van der Waals surface area (Å²) in [6.07, 6.45) is 1.47. The molecule has 0 unspecified atom stereocenters. The van der Waals surface area contributed by atoms with Gasteiger partial charge in [0.2, 0.25) is 0 Å². The SMILES string of the molecule is NCC1(CF)CCN(c2cccc(F)c2)CC1. The van der Waals surface area contributed by atoms with Crippen molar-refractivity contribution in [2.24, 2.45) is 11.1 Å². The van der Waals surface area contributed by atoms with Crippen molar-refractivity contribution < 1.29 is 8.78 Å². The van der Waals surface area contributed by atoms with E-state index in [1.54, 1.807) is 6.07 Å². The summed E-state index contributed by atoms with van der Waals surface area (Å²) in [5, 5.41) is 0. The Morgan fingerprint density at radius 1 is 1.29 bits per heavy atom. The highest BCUT2D eigenvalue weighted by molar-refractivity contribution is 5.46. The van der Waals surface area contributed by atoms with Gasteiger partial charge in [-0.1, -0.05) is 6.07 Å². The molecule has 1 aromatic carbocycles. The average Bonchev–Trinajstić information content (AvgIpc) is 2.39. The predicted octanol–water partition coefficient (Wildman–Crippen LogP) is 2.34. The lowest BCUT2D eigenvalue weighted by molar-refractivity contribution is 0.168. The molecule has 4 heteroatoms. The maximum absolute atomic E-state index is 13.1. The van der Waals surface area contributed by atoms with Crippen LogP contribution < -0.4 is 10.6 Å². The first-order valence-corrected chi connectivity index (χ1v) is 5.96. The van der Waals surface area contributed by atoms with Crippen LogP contribution in [0.15, 0.2) is 24.3 Å². The summed E-state index contributed by atoms with van der Waals surface area (Å²) in [5.41, 5.74) is 6.15. The largest absolute Gasteiger partial charge is 0.371 e. The molecule has 1 aromatic rings. The monoisotopic (exact) mass is 240 g/mol. The molecule has 2 N–H and O–H groups in total. The molecule has 2 nitrogen and oxygen atoms in total. The Morgan fingerprint density at radius 2 is 2.00 bits per heavy atom. The van der Waals surface area contributed by atoms with Crippen LogP contribution in [0.3, 0.4) is 0 Å². The van der Waals surface area contributed by atoms with Gasteiger partial charge in [0.1, 0.15) is 5.82 Å². The van der Waals surface area contributed by atoms with E-state index >= 15 is 0 Å². The van der Waals surface area contributed by atoms with Gasteiger partial charge in [-0.3, -0.25) is 4.39 Å². The molecule has 1 aliphatic rings. The van der Waals surface area contributed by atoms with Crippen molar-refractivity contribution in [3.63, 3.8) is 0 Å². The molecule has 0 amide bonds. The van der Waals surface area contributed by atoms with Crippen molar-refractivity contribution in [3.8, 4) is 0 Å². The highest BCUT2D eigenvalue weighted by Gasteiger charge is 2.33. The van der Waals surface area contributed by atoms with Crippen molar-refractivity contribution in [2.45, 2.75) is 12.8 Å². The molecule has 1 heterocycles. The molecular formula is C13H18F2N2. The van der Waals surface area contributed by atoms with E-state index in [1.165, 1.54) is 12.1 Å². The fraction of sp³-hybridized carbons (Fsp3) is 0.538. The van der Waals surface area contributed by atoms with Gasteiger partial charge in [0.25, 0.3) is 0 Å². The standard InChI is InChI=1S/C13H18F2N2/c14-9-13(10-16)4-6-17(7-5-13)12-3-1-2-11(15)8-12/h1-3,8H,4-7,9-10,16H2. The first-order valence-electron chi connectivity index (χ1n) is 5.96. The summed E-state index contributed by atoms with van der Waals surface area (Å²) in [6.45, 7) is 1.51. The van der Waals surface area contributed by atoms with Crippen LogP contribution in [0.2, 0.25) is 0 Å². The van der Waals surface area contributed by atoms with Crippen molar-refractivity contribution in [2.75, 3.05) is 31.2 Å². The number of benzene rings is 1. The zero-order valence-corrected chi connectivity index (χ0v) is 9.83. The van der Waals surface area contributed by atoms with Crippen LogP contribution in [0, 0.1) is 11.2 Å². The maximum Gasteiger partial charge on any atom is 0.125 e. The summed E-state index contributed by atoms with van der Waals surface area (Å²) < 4.78 is 26.1. The van der Waals surface area contributed by atoms with E-state index in [0.717, 1.165) is 31.6 Å². The average molecular weight is 240 g/mol. The molecule has 17 heavy (non-hydrogen) atoms. The Balaban J connectivity index is 2.04. The highest BCUT2D eigenvalue weighted by atomic mass is 19.1. The van der Waals surface area contributed by atoms with E-state index in [1.807, 2.05) is 6.07 Å². The zero-order chi connectivity index (χ0) is 12.3. The van der Waals surface area contributed by atoms with Gasteiger partial charge in [0, 0.05) is 30.7 Å². The number of nitrogens with zero attached hydrogens (tertiary/aromatic N) is 1. The van der Waals surface area contributed by atoms with Crippen LogP contribution in [-0.4, -0.2) is 26.3 Å². The summed E-state index contributed by atoms with van der Waals surface area (Å²) in [7, 11) is 0. The first kappa shape index (κ1) is 12.3. The molecule has 1 aliphatic heterocycles. The van der Waals surface area contributed by atoms with E-state index in [9.17, 15) is 8.78 Å². The second kappa shape index (κ2) is 5.00. The lowest BCUT2D eigenvalue weighted by atomic mass is 9.79. The third-order valence-electron chi connectivity index (χ3n) is 3.71. The van der Waals surface area contributed by atoms with Gasteiger partial charge in [-0.25, -0.2) is 4.39 Å². The Kier molecular flexibility index (Phi) is 3.62. The number of hydrogen-bond donors (Lipinski definition) is 1. The van der Waals surface area contributed by atoms with Gasteiger partial charge in [-0.2, -0.15) is 0 Å². The second-order valence-corrected chi connectivity index (χ2v) is 4.80. The number of anilines is 1. The van der Waals surface area contributed by atoms with Crippen LogP contribution in [0.5, 0.6) is 0 Å². The molecule has 0 atom stereocenters. The fourth-order valence-corrected chi connectivity index (χ4v) is 2.30. The minimum absolute atomic E-state index is 0.233. The zero-order valence-electron chi connectivity index (χ0n) is 9.83. The number of rotatable bonds is 3. The van der Waals surface area contributed by atoms with Crippen molar-refractivity contribution in [1.82, 2.24) is 0 Å². The lowest BCUT2D eigenvalue weighted by Gasteiger charge is -2.40. The number of piperidine rings is 1. The van der Waals surface area contributed by atoms with E-state index in [2.05, 4.69) is 4.90 Å². The van der Waals surface area contributed by atoms with Crippen molar-refractivity contribution in [1.29, 1.82) is 0 Å². The molecule has 1 fully saturated rings. The topological polar surface area (TPSA) is 29.3 Å². The van der Waals surface area contributed by atoms with Crippen LogP contribution in [-0.2, 0) is 0 Å². The quantitative estimate of drug-likeness (QED) is 0.878. The molecule has 1 saturated heterocycles. The predicted molar refractivity (Wildman–Crippen MR) is 65.3 cm³/mol.